The average Bonchev–Trinajstić information content (AvgIpc) is 3.76. The van der Waals surface area contributed by atoms with Crippen molar-refractivity contribution in [3.05, 3.63) is 61.2 Å². The van der Waals surface area contributed by atoms with Gasteiger partial charge >= 0.3 is 5.97 Å². The van der Waals surface area contributed by atoms with E-state index in [9.17, 15) is 24.3 Å². The number of amides is 3. The first-order valence-corrected chi connectivity index (χ1v) is 18.2. The Kier molecular flexibility index (Phi) is 11.7. The molecule has 0 radical (unpaired) electrons. The molecule has 1 N–H and O–H groups in total. The standard InChI is InChI=1S/C39H55N3O7/c1-7-9-20-31(44)40(6)26(5)34(27-16-12-10-13-17-27)48-38(47)32-30-21-22-39(49-30)33(32)36(45)42(29(24-43)25(3)4)35(39)37(46)41(23-8-2)28-18-14-11-15-19-28/h7-8,10,12-13,16-17,25-26,28-30,32-35,43H,1-2,9,11,14-15,18-24H2,3-6H3/t26-,29+,30-,32+,33+,34+,35-,39+/m1/s1. The Morgan fingerprint density at radius 2 is 1.78 bits per heavy atom. The molecule has 49 heavy (non-hydrogen) atoms. The summed E-state index contributed by atoms with van der Waals surface area (Å²) in [6, 6.07) is 7.21. The number of ether oxygens (including phenoxy) is 2. The van der Waals surface area contributed by atoms with Crippen LogP contribution in [0.5, 0.6) is 0 Å². The van der Waals surface area contributed by atoms with Crippen molar-refractivity contribution in [2.24, 2.45) is 17.8 Å². The predicted molar refractivity (Wildman–Crippen MR) is 186 cm³/mol. The maximum absolute atomic E-state index is 14.9. The predicted octanol–water partition coefficient (Wildman–Crippen LogP) is 4.82. The molecule has 5 rings (SSSR count). The van der Waals surface area contributed by atoms with Crippen molar-refractivity contribution in [1.82, 2.24) is 14.7 Å². The number of carbonyl (C=O) groups excluding carboxylic acids is 4. The number of aliphatic hydroxyl groups is 1. The van der Waals surface area contributed by atoms with E-state index < -0.39 is 53.7 Å². The second kappa shape index (κ2) is 15.6. The van der Waals surface area contributed by atoms with Crippen molar-refractivity contribution in [1.29, 1.82) is 0 Å². The Hall–Kier alpha value is -3.50. The second-order valence-electron chi connectivity index (χ2n) is 14.7. The van der Waals surface area contributed by atoms with Crippen molar-refractivity contribution in [3.8, 4) is 0 Å². The molecule has 0 aromatic heterocycles. The van der Waals surface area contributed by atoms with Crippen molar-refractivity contribution in [2.45, 2.75) is 121 Å². The third-order valence-electron chi connectivity index (χ3n) is 11.6. The Morgan fingerprint density at radius 1 is 1.08 bits per heavy atom. The molecule has 10 heteroatoms. The van der Waals surface area contributed by atoms with Crippen molar-refractivity contribution < 1.29 is 33.8 Å². The molecule has 4 fully saturated rings. The van der Waals surface area contributed by atoms with E-state index in [0.29, 0.717) is 25.8 Å². The van der Waals surface area contributed by atoms with Crippen LogP contribution in [0.3, 0.4) is 0 Å². The fourth-order valence-electron chi connectivity index (χ4n) is 8.85. The van der Waals surface area contributed by atoms with Crippen LogP contribution in [0.15, 0.2) is 55.6 Å². The molecule has 1 saturated carbocycles. The lowest BCUT2D eigenvalue weighted by Gasteiger charge is -2.43. The zero-order valence-corrected chi connectivity index (χ0v) is 29.7. The highest BCUT2D eigenvalue weighted by Crippen LogP contribution is 2.59. The van der Waals surface area contributed by atoms with Gasteiger partial charge in [-0.15, -0.1) is 13.2 Å². The van der Waals surface area contributed by atoms with Gasteiger partial charge in [-0.1, -0.05) is 75.6 Å². The molecule has 8 atom stereocenters. The number of likely N-dealkylation sites (tertiary alicyclic amines) is 1. The van der Waals surface area contributed by atoms with E-state index in [0.717, 1.165) is 37.7 Å². The van der Waals surface area contributed by atoms with Crippen LogP contribution in [0.4, 0.5) is 0 Å². The number of aliphatic hydroxyl groups excluding tert-OH is 1. The Morgan fingerprint density at radius 3 is 2.39 bits per heavy atom. The molecule has 1 aromatic carbocycles. The molecule has 4 aliphatic rings. The summed E-state index contributed by atoms with van der Waals surface area (Å²) in [5.41, 5.74) is -0.491. The minimum Gasteiger partial charge on any atom is -0.455 e. The fraction of sp³-hybridized carbons (Fsp3) is 0.641. The van der Waals surface area contributed by atoms with Gasteiger partial charge in [0, 0.05) is 26.1 Å². The molecule has 2 bridgehead atoms. The molecule has 268 valence electrons. The van der Waals surface area contributed by atoms with E-state index in [1.54, 1.807) is 29.0 Å². The molecule has 3 saturated heterocycles. The number of carbonyl (C=O) groups is 4. The lowest BCUT2D eigenvalue weighted by atomic mass is 9.70. The van der Waals surface area contributed by atoms with Crippen LogP contribution in [0, 0.1) is 17.8 Å². The quantitative estimate of drug-likeness (QED) is 0.209. The summed E-state index contributed by atoms with van der Waals surface area (Å²) >= 11 is 0. The normalized spacial score (nSPS) is 28.1. The van der Waals surface area contributed by atoms with Crippen LogP contribution >= 0.6 is 0 Å². The highest BCUT2D eigenvalue weighted by atomic mass is 16.6. The first-order valence-electron chi connectivity index (χ1n) is 18.2. The van der Waals surface area contributed by atoms with Crippen molar-refractivity contribution in [2.75, 3.05) is 20.2 Å². The number of rotatable bonds is 15. The number of hydrogen-bond donors (Lipinski definition) is 1. The van der Waals surface area contributed by atoms with Gasteiger partial charge in [0.15, 0.2) is 0 Å². The maximum Gasteiger partial charge on any atom is 0.313 e. The number of allylic oxidation sites excluding steroid dienone is 1. The van der Waals surface area contributed by atoms with Gasteiger partial charge in [-0.05, 0) is 50.5 Å². The van der Waals surface area contributed by atoms with E-state index in [1.165, 1.54) is 0 Å². The van der Waals surface area contributed by atoms with Gasteiger partial charge in [-0.25, -0.2) is 0 Å². The van der Waals surface area contributed by atoms with Gasteiger partial charge in [0.05, 0.1) is 36.6 Å². The molecule has 3 heterocycles. The molecular formula is C39H55N3O7. The van der Waals surface area contributed by atoms with E-state index in [1.807, 2.05) is 56.0 Å². The topological polar surface area (TPSA) is 117 Å². The van der Waals surface area contributed by atoms with Gasteiger partial charge in [0.1, 0.15) is 17.7 Å². The molecule has 0 unspecified atom stereocenters. The summed E-state index contributed by atoms with van der Waals surface area (Å²) in [4.78, 5) is 62.1. The highest BCUT2D eigenvalue weighted by Gasteiger charge is 2.76. The minimum atomic E-state index is -1.22. The van der Waals surface area contributed by atoms with Crippen LogP contribution < -0.4 is 0 Å². The monoisotopic (exact) mass is 677 g/mol. The van der Waals surface area contributed by atoms with Crippen molar-refractivity contribution in [3.63, 3.8) is 0 Å². The van der Waals surface area contributed by atoms with Gasteiger partial charge < -0.3 is 29.3 Å². The van der Waals surface area contributed by atoms with E-state index >= 15 is 0 Å². The lowest BCUT2D eigenvalue weighted by molar-refractivity contribution is -0.165. The molecular weight excluding hydrogens is 622 g/mol. The van der Waals surface area contributed by atoms with Crippen molar-refractivity contribution >= 4 is 23.7 Å². The zero-order chi connectivity index (χ0) is 35.5. The summed E-state index contributed by atoms with van der Waals surface area (Å²) in [5, 5.41) is 10.6. The van der Waals surface area contributed by atoms with Gasteiger partial charge in [0.2, 0.25) is 17.7 Å². The van der Waals surface area contributed by atoms with Crippen LogP contribution in [0.25, 0.3) is 0 Å². The first kappa shape index (κ1) is 36.8. The Balaban J connectivity index is 1.50. The third-order valence-corrected chi connectivity index (χ3v) is 11.6. The summed E-state index contributed by atoms with van der Waals surface area (Å²) < 4.78 is 13.1. The molecule has 3 amide bonds. The molecule has 3 aliphatic heterocycles. The van der Waals surface area contributed by atoms with Gasteiger partial charge in [-0.2, -0.15) is 0 Å². The average molecular weight is 678 g/mol. The van der Waals surface area contributed by atoms with E-state index in [4.69, 9.17) is 9.47 Å². The van der Waals surface area contributed by atoms with Crippen LogP contribution in [0.2, 0.25) is 0 Å². The van der Waals surface area contributed by atoms with E-state index in [-0.39, 0.29) is 42.7 Å². The maximum atomic E-state index is 14.9. The molecule has 1 aliphatic carbocycles. The Labute approximate surface area is 291 Å². The summed E-state index contributed by atoms with van der Waals surface area (Å²) in [7, 11) is 1.70. The largest absolute Gasteiger partial charge is 0.455 e. The summed E-state index contributed by atoms with van der Waals surface area (Å²) in [6.45, 7) is 13.4. The Bertz CT molecular complexity index is 1380. The lowest BCUT2D eigenvalue weighted by Crippen LogP contribution is -2.61. The zero-order valence-electron chi connectivity index (χ0n) is 29.7. The molecule has 1 aromatic rings. The number of hydrogen-bond acceptors (Lipinski definition) is 7. The first-order chi connectivity index (χ1) is 23.5. The third kappa shape index (κ3) is 6.83. The van der Waals surface area contributed by atoms with Crippen LogP contribution in [-0.2, 0) is 28.7 Å². The SMILES string of the molecule is C=CCCC(=O)N(C)[C@H](C)[C@H](OC(=O)[C@@H]1[C@H]2C(=O)N([C@@H](CO)C(C)C)[C@H](C(=O)N(CC=C)C3CCCCC3)[C@]23CC[C@H]1O3)c1ccccc1. The minimum absolute atomic E-state index is 0.0249. The highest BCUT2D eigenvalue weighted by molar-refractivity contribution is 5.98. The number of esters is 1. The van der Waals surface area contributed by atoms with Gasteiger partial charge in [-0.3, -0.25) is 19.2 Å². The van der Waals surface area contributed by atoms with Crippen LogP contribution in [0.1, 0.15) is 90.2 Å². The van der Waals surface area contributed by atoms with E-state index in [2.05, 4.69) is 13.2 Å². The van der Waals surface area contributed by atoms with Gasteiger partial charge in [0.25, 0.3) is 0 Å². The second-order valence-corrected chi connectivity index (χ2v) is 14.7. The van der Waals surface area contributed by atoms with Crippen LogP contribution in [-0.4, -0.2) is 99.6 Å². The number of fused-ring (bicyclic) bond motifs is 1. The molecule has 1 spiro atoms. The number of nitrogens with zero attached hydrogens (tertiary/aromatic N) is 3. The summed E-state index contributed by atoms with van der Waals surface area (Å²) in [6.07, 6.45) is 8.75. The number of likely N-dealkylation sites (N-methyl/N-ethyl adjacent to an activating group) is 1. The smallest absolute Gasteiger partial charge is 0.313 e. The fourth-order valence-corrected chi connectivity index (χ4v) is 8.85. The number of benzene rings is 1. The molecule has 10 nitrogen and oxygen atoms in total. The summed E-state index contributed by atoms with van der Waals surface area (Å²) in [5.74, 6) is -3.24.